The van der Waals surface area contributed by atoms with Gasteiger partial charge >= 0.3 is 0 Å². The summed E-state index contributed by atoms with van der Waals surface area (Å²) in [5.74, 6) is -0.600. The normalized spacial score (nSPS) is 10.7. The number of rotatable bonds is 6. The molecule has 6 heteroatoms. The van der Waals surface area contributed by atoms with E-state index in [0.717, 1.165) is 11.1 Å². The van der Waals surface area contributed by atoms with Gasteiger partial charge in [-0.3, -0.25) is 9.59 Å². The van der Waals surface area contributed by atoms with Crippen LogP contribution in [-0.4, -0.2) is 18.0 Å². The number of hydrogen-bond donors (Lipinski definition) is 2. The molecular formula is C19H20ClN3O2. The molecule has 0 unspecified atom stereocenters. The number of hydrogen-bond acceptors (Lipinski definition) is 3. The first-order valence-electron chi connectivity index (χ1n) is 7.89. The molecule has 2 aromatic rings. The molecule has 0 aliphatic rings. The van der Waals surface area contributed by atoms with Gasteiger partial charge in [0.05, 0.1) is 16.9 Å². The first-order valence-corrected chi connectivity index (χ1v) is 8.27. The fourth-order valence-corrected chi connectivity index (χ4v) is 2.39. The molecule has 0 saturated carbocycles. The number of carbonyl (C=O) groups is 2. The monoisotopic (exact) mass is 357 g/mol. The molecule has 2 aromatic carbocycles. The van der Waals surface area contributed by atoms with Crippen molar-refractivity contribution in [1.82, 2.24) is 5.43 Å². The minimum absolute atomic E-state index is 0.0422. The zero-order chi connectivity index (χ0) is 18.2. The number of para-hydroxylation sites is 1. The highest BCUT2D eigenvalue weighted by molar-refractivity contribution is 6.33. The Hall–Kier alpha value is -2.66. The fraction of sp³-hybridized carbons (Fsp3) is 0.211. The molecule has 0 aromatic heterocycles. The van der Waals surface area contributed by atoms with Gasteiger partial charge in [0.1, 0.15) is 0 Å². The number of carbonyl (C=O) groups excluding carboxylic acids is 2. The molecule has 5 nitrogen and oxygen atoms in total. The maximum atomic E-state index is 11.9. The van der Waals surface area contributed by atoms with Crippen LogP contribution in [0.2, 0.25) is 5.02 Å². The van der Waals surface area contributed by atoms with Gasteiger partial charge in [-0.1, -0.05) is 47.5 Å². The van der Waals surface area contributed by atoms with Gasteiger partial charge in [-0.05, 0) is 37.1 Å². The van der Waals surface area contributed by atoms with Crippen LogP contribution in [0.25, 0.3) is 0 Å². The molecule has 2 rings (SSSR count). The van der Waals surface area contributed by atoms with E-state index in [1.165, 1.54) is 5.56 Å². The van der Waals surface area contributed by atoms with Gasteiger partial charge in [0, 0.05) is 12.8 Å². The fourth-order valence-electron chi connectivity index (χ4n) is 2.20. The van der Waals surface area contributed by atoms with Gasteiger partial charge in [0.15, 0.2) is 0 Å². The third-order valence-electron chi connectivity index (χ3n) is 3.55. The van der Waals surface area contributed by atoms with E-state index < -0.39 is 0 Å². The maximum absolute atomic E-state index is 11.9. The first-order chi connectivity index (χ1) is 12.0. The summed E-state index contributed by atoms with van der Waals surface area (Å²) in [5.41, 5.74) is 6.14. The van der Waals surface area contributed by atoms with Crippen molar-refractivity contribution >= 4 is 35.3 Å². The minimum atomic E-state index is -0.324. The molecule has 0 atom stereocenters. The number of nitrogens with zero attached hydrogens (tertiary/aromatic N) is 1. The van der Waals surface area contributed by atoms with Gasteiger partial charge in [-0.25, -0.2) is 5.43 Å². The van der Waals surface area contributed by atoms with Crippen LogP contribution in [0.3, 0.4) is 0 Å². The number of aryl methyl sites for hydroxylation is 2. The Morgan fingerprint density at radius 1 is 1.08 bits per heavy atom. The summed E-state index contributed by atoms with van der Waals surface area (Å²) in [6.07, 6.45) is 1.69. The summed E-state index contributed by atoms with van der Waals surface area (Å²) >= 11 is 5.97. The predicted molar refractivity (Wildman–Crippen MR) is 101 cm³/mol. The number of hydrazone groups is 1. The smallest absolute Gasteiger partial charge is 0.240 e. The number of amides is 2. The van der Waals surface area contributed by atoms with Crippen LogP contribution in [0.1, 0.15) is 29.5 Å². The van der Waals surface area contributed by atoms with E-state index in [-0.39, 0.29) is 24.7 Å². The molecule has 2 amide bonds. The predicted octanol–water partition coefficient (Wildman–Crippen LogP) is 3.83. The van der Waals surface area contributed by atoms with Gasteiger partial charge in [0.25, 0.3) is 0 Å². The molecular weight excluding hydrogens is 338 g/mol. The topological polar surface area (TPSA) is 70.6 Å². The first kappa shape index (κ1) is 18.7. The molecule has 130 valence electrons. The summed E-state index contributed by atoms with van der Waals surface area (Å²) in [4.78, 5) is 23.6. The van der Waals surface area contributed by atoms with Crippen molar-refractivity contribution in [2.24, 2.45) is 5.10 Å². The van der Waals surface area contributed by atoms with Crippen molar-refractivity contribution in [2.75, 3.05) is 5.32 Å². The Bertz CT molecular complexity index is 803. The van der Waals surface area contributed by atoms with Crippen molar-refractivity contribution < 1.29 is 9.59 Å². The molecule has 0 bridgehead atoms. The van der Waals surface area contributed by atoms with Gasteiger partial charge in [-0.2, -0.15) is 5.10 Å². The molecule has 0 aliphatic carbocycles. The zero-order valence-corrected chi connectivity index (χ0v) is 14.9. The number of halogens is 1. The zero-order valence-electron chi connectivity index (χ0n) is 14.2. The second-order valence-electron chi connectivity index (χ2n) is 5.68. The molecule has 25 heavy (non-hydrogen) atoms. The van der Waals surface area contributed by atoms with Gasteiger partial charge in [0.2, 0.25) is 11.8 Å². The van der Waals surface area contributed by atoms with Gasteiger partial charge in [-0.15, -0.1) is 0 Å². The average Bonchev–Trinajstić information content (AvgIpc) is 2.57. The summed E-state index contributed by atoms with van der Waals surface area (Å²) in [5, 5.41) is 7.06. The molecule has 0 heterocycles. The Morgan fingerprint density at radius 2 is 1.80 bits per heavy atom. The van der Waals surface area contributed by atoms with E-state index in [2.05, 4.69) is 15.8 Å². The van der Waals surface area contributed by atoms with E-state index in [4.69, 9.17) is 11.6 Å². The van der Waals surface area contributed by atoms with Crippen molar-refractivity contribution in [3.8, 4) is 0 Å². The Balaban J connectivity index is 1.77. The van der Waals surface area contributed by atoms with E-state index in [1.807, 2.05) is 32.0 Å². The van der Waals surface area contributed by atoms with Crippen molar-refractivity contribution in [3.63, 3.8) is 0 Å². The summed E-state index contributed by atoms with van der Waals surface area (Å²) < 4.78 is 0. The standard InChI is InChI=1S/C19H20ClN3O2/c1-13-7-8-15(14(2)11-13)12-21-23-19(25)10-9-18(24)22-17-6-4-3-5-16(17)20/h3-8,11-12H,9-10H2,1-2H3,(H,22,24)(H,23,25)/b21-12+. The molecule has 0 fully saturated rings. The van der Waals surface area contributed by atoms with Crippen LogP contribution in [0.4, 0.5) is 5.69 Å². The SMILES string of the molecule is Cc1ccc(/C=N/NC(=O)CCC(=O)Nc2ccccc2Cl)c(C)c1. The van der Waals surface area contributed by atoms with E-state index in [0.29, 0.717) is 10.7 Å². The van der Waals surface area contributed by atoms with Gasteiger partial charge < -0.3 is 5.32 Å². The summed E-state index contributed by atoms with van der Waals surface area (Å²) in [6.45, 7) is 4.00. The van der Waals surface area contributed by atoms with E-state index in [9.17, 15) is 9.59 Å². The second kappa shape index (κ2) is 8.99. The minimum Gasteiger partial charge on any atom is -0.325 e. The summed E-state index contributed by atoms with van der Waals surface area (Å²) in [6, 6.07) is 12.9. The highest BCUT2D eigenvalue weighted by atomic mass is 35.5. The van der Waals surface area contributed by atoms with Crippen LogP contribution >= 0.6 is 11.6 Å². The van der Waals surface area contributed by atoms with Crippen LogP contribution < -0.4 is 10.7 Å². The molecule has 2 N–H and O–H groups in total. The molecule has 0 saturated heterocycles. The third-order valence-corrected chi connectivity index (χ3v) is 3.87. The quantitative estimate of drug-likeness (QED) is 0.609. The maximum Gasteiger partial charge on any atom is 0.240 e. The number of nitrogens with one attached hydrogen (secondary N) is 2. The Kier molecular flexibility index (Phi) is 6.71. The number of anilines is 1. The third kappa shape index (κ3) is 6.04. The van der Waals surface area contributed by atoms with Crippen LogP contribution in [0.5, 0.6) is 0 Å². The Morgan fingerprint density at radius 3 is 2.52 bits per heavy atom. The highest BCUT2D eigenvalue weighted by Crippen LogP contribution is 2.20. The lowest BCUT2D eigenvalue weighted by Crippen LogP contribution is -2.20. The van der Waals surface area contributed by atoms with Crippen molar-refractivity contribution in [2.45, 2.75) is 26.7 Å². The van der Waals surface area contributed by atoms with E-state index >= 15 is 0 Å². The molecule has 0 aliphatic heterocycles. The lowest BCUT2D eigenvalue weighted by atomic mass is 10.1. The largest absolute Gasteiger partial charge is 0.325 e. The van der Waals surface area contributed by atoms with Crippen LogP contribution in [0.15, 0.2) is 47.6 Å². The van der Waals surface area contributed by atoms with E-state index in [1.54, 1.807) is 30.5 Å². The van der Waals surface area contributed by atoms with Crippen LogP contribution in [-0.2, 0) is 9.59 Å². The lowest BCUT2D eigenvalue weighted by molar-refractivity contribution is -0.124. The average molecular weight is 358 g/mol. The summed E-state index contributed by atoms with van der Waals surface area (Å²) in [7, 11) is 0. The van der Waals surface area contributed by atoms with Crippen molar-refractivity contribution in [1.29, 1.82) is 0 Å². The Labute approximate surface area is 152 Å². The second-order valence-corrected chi connectivity index (χ2v) is 6.09. The lowest BCUT2D eigenvalue weighted by Gasteiger charge is -2.06. The molecule has 0 radical (unpaired) electrons. The van der Waals surface area contributed by atoms with Crippen LogP contribution in [0, 0.1) is 13.8 Å². The number of benzene rings is 2. The van der Waals surface area contributed by atoms with Crippen molar-refractivity contribution in [3.05, 3.63) is 64.2 Å². The highest BCUT2D eigenvalue weighted by Gasteiger charge is 2.08. The molecule has 0 spiro atoms.